The highest BCUT2D eigenvalue weighted by Crippen LogP contribution is 2.08. The van der Waals surface area contributed by atoms with Gasteiger partial charge in [0.2, 0.25) is 5.91 Å². The van der Waals surface area contributed by atoms with E-state index in [1.54, 1.807) is 24.3 Å². The van der Waals surface area contributed by atoms with Crippen LogP contribution in [0.25, 0.3) is 0 Å². The summed E-state index contributed by atoms with van der Waals surface area (Å²) in [7, 11) is 0. The summed E-state index contributed by atoms with van der Waals surface area (Å²) in [4.78, 5) is 24.8. The maximum Gasteiger partial charge on any atom is 0.251 e. The summed E-state index contributed by atoms with van der Waals surface area (Å²) in [6.45, 7) is 6.31. The van der Waals surface area contributed by atoms with Gasteiger partial charge in [-0.3, -0.25) is 9.59 Å². The zero-order valence-corrected chi connectivity index (χ0v) is 14.4. The Kier molecular flexibility index (Phi) is 6.13. The standard InChI is InChI=1S/C20H24N2O2/c1-14(2)18(22-19(23)16-10-5-4-6-11-16)20(24)21-13-17-12-8-7-9-15(17)3/h4-12,14,18H,13H2,1-3H3,(H,21,24)(H,22,23). The number of amides is 2. The average Bonchev–Trinajstić information content (AvgIpc) is 2.59. The first-order valence-corrected chi connectivity index (χ1v) is 8.17. The van der Waals surface area contributed by atoms with Crippen molar-refractivity contribution < 1.29 is 9.59 Å². The first-order valence-electron chi connectivity index (χ1n) is 8.17. The summed E-state index contributed by atoms with van der Waals surface area (Å²) >= 11 is 0. The van der Waals surface area contributed by atoms with E-state index in [1.807, 2.05) is 51.1 Å². The van der Waals surface area contributed by atoms with Crippen molar-refractivity contribution in [2.24, 2.45) is 5.92 Å². The molecule has 0 aliphatic carbocycles. The molecule has 2 rings (SSSR count). The molecule has 2 amide bonds. The molecule has 0 saturated carbocycles. The number of nitrogens with one attached hydrogen (secondary N) is 2. The van der Waals surface area contributed by atoms with Gasteiger partial charge in [-0.15, -0.1) is 0 Å². The fourth-order valence-corrected chi connectivity index (χ4v) is 2.45. The average molecular weight is 324 g/mol. The highest BCUT2D eigenvalue weighted by Gasteiger charge is 2.24. The van der Waals surface area contributed by atoms with Crippen LogP contribution < -0.4 is 10.6 Å². The second-order valence-electron chi connectivity index (χ2n) is 6.21. The monoisotopic (exact) mass is 324 g/mol. The molecular weight excluding hydrogens is 300 g/mol. The molecule has 4 nitrogen and oxygen atoms in total. The lowest BCUT2D eigenvalue weighted by Gasteiger charge is -2.22. The van der Waals surface area contributed by atoms with Crippen LogP contribution in [-0.2, 0) is 11.3 Å². The SMILES string of the molecule is Cc1ccccc1CNC(=O)C(NC(=O)c1ccccc1)C(C)C. The van der Waals surface area contributed by atoms with E-state index in [0.717, 1.165) is 11.1 Å². The molecule has 0 radical (unpaired) electrons. The van der Waals surface area contributed by atoms with Crippen LogP contribution in [0.1, 0.15) is 35.3 Å². The molecule has 0 bridgehead atoms. The summed E-state index contributed by atoms with van der Waals surface area (Å²) in [6, 6.07) is 16.3. The number of hydrogen-bond acceptors (Lipinski definition) is 2. The minimum absolute atomic E-state index is 0.00506. The highest BCUT2D eigenvalue weighted by molar-refractivity contribution is 5.97. The molecule has 1 atom stereocenters. The molecule has 0 spiro atoms. The molecule has 0 aromatic heterocycles. The molecule has 0 fully saturated rings. The molecule has 0 saturated heterocycles. The smallest absolute Gasteiger partial charge is 0.251 e. The molecule has 0 heterocycles. The van der Waals surface area contributed by atoms with Crippen LogP contribution in [0.4, 0.5) is 0 Å². The molecule has 0 aliphatic rings. The maximum atomic E-state index is 12.5. The molecule has 4 heteroatoms. The first-order chi connectivity index (χ1) is 11.5. The number of aryl methyl sites for hydroxylation is 1. The van der Waals surface area contributed by atoms with Crippen molar-refractivity contribution in [1.82, 2.24) is 10.6 Å². The normalized spacial score (nSPS) is 11.8. The van der Waals surface area contributed by atoms with Gasteiger partial charge in [-0.2, -0.15) is 0 Å². The lowest BCUT2D eigenvalue weighted by Crippen LogP contribution is -2.49. The van der Waals surface area contributed by atoms with Crippen molar-refractivity contribution >= 4 is 11.8 Å². The Labute approximate surface area is 143 Å². The predicted molar refractivity (Wildman–Crippen MR) is 95.6 cm³/mol. The van der Waals surface area contributed by atoms with Crippen LogP contribution in [0.15, 0.2) is 54.6 Å². The third-order valence-electron chi connectivity index (χ3n) is 3.99. The quantitative estimate of drug-likeness (QED) is 0.858. The van der Waals surface area contributed by atoms with Gasteiger partial charge in [0.05, 0.1) is 0 Å². The van der Waals surface area contributed by atoms with E-state index < -0.39 is 6.04 Å². The van der Waals surface area contributed by atoms with Gasteiger partial charge in [0.25, 0.3) is 5.91 Å². The van der Waals surface area contributed by atoms with E-state index in [1.165, 1.54) is 0 Å². The van der Waals surface area contributed by atoms with Gasteiger partial charge in [-0.25, -0.2) is 0 Å². The van der Waals surface area contributed by atoms with E-state index in [-0.39, 0.29) is 17.7 Å². The minimum Gasteiger partial charge on any atom is -0.350 e. The Morgan fingerprint density at radius 3 is 2.21 bits per heavy atom. The zero-order chi connectivity index (χ0) is 17.5. The summed E-state index contributed by atoms with van der Waals surface area (Å²) in [5, 5.41) is 5.76. The van der Waals surface area contributed by atoms with E-state index in [4.69, 9.17) is 0 Å². The third-order valence-corrected chi connectivity index (χ3v) is 3.99. The fraction of sp³-hybridized carbons (Fsp3) is 0.300. The molecule has 1 unspecified atom stereocenters. The van der Waals surface area contributed by atoms with Crippen LogP contribution in [0.3, 0.4) is 0 Å². The minimum atomic E-state index is -0.568. The largest absolute Gasteiger partial charge is 0.350 e. The summed E-state index contributed by atoms with van der Waals surface area (Å²) in [5.74, 6) is -0.410. The lowest BCUT2D eigenvalue weighted by molar-refractivity contribution is -0.124. The van der Waals surface area contributed by atoms with Gasteiger partial charge >= 0.3 is 0 Å². The fourth-order valence-electron chi connectivity index (χ4n) is 2.45. The van der Waals surface area contributed by atoms with Crippen LogP contribution in [0.5, 0.6) is 0 Å². The maximum absolute atomic E-state index is 12.5. The van der Waals surface area contributed by atoms with Crippen molar-refractivity contribution in [2.75, 3.05) is 0 Å². The molecule has 0 aliphatic heterocycles. The Hall–Kier alpha value is -2.62. The predicted octanol–water partition coefficient (Wildman–Crippen LogP) is 3.07. The van der Waals surface area contributed by atoms with E-state index >= 15 is 0 Å². The Morgan fingerprint density at radius 2 is 1.58 bits per heavy atom. The highest BCUT2D eigenvalue weighted by atomic mass is 16.2. The van der Waals surface area contributed by atoms with Crippen LogP contribution >= 0.6 is 0 Å². The van der Waals surface area contributed by atoms with Crippen LogP contribution in [-0.4, -0.2) is 17.9 Å². The summed E-state index contributed by atoms with van der Waals surface area (Å²) < 4.78 is 0. The van der Waals surface area contributed by atoms with Crippen molar-refractivity contribution in [3.63, 3.8) is 0 Å². The Balaban J connectivity index is 2.00. The van der Waals surface area contributed by atoms with E-state index in [2.05, 4.69) is 10.6 Å². The van der Waals surface area contributed by atoms with Crippen molar-refractivity contribution in [2.45, 2.75) is 33.4 Å². The van der Waals surface area contributed by atoms with Crippen LogP contribution in [0, 0.1) is 12.8 Å². The summed E-state index contributed by atoms with van der Waals surface area (Å²) in [5.41, 5.74) is 2.75. The molecule has 24 heavy (non-hydrogen) atoms. The lowest BCUT2D eigenvalue weighted by atomic mass is 10.0. The van der Waals surface area contributed by atoms with Gasteiger partial charge in [0.15, 0.2) is 0 Å². The number of hydrogen-bond donors (Lipinski definition) is 2. The Morgan fingerprint density at radius 1 is 0.958 bits per heavy atom. The van der Waals surface area contributed by atoms with Crippen LogP contribution in [0.2, 0.25) is 0 Å². The second kappa shape index (κ2) is 8.29. The number of carbonyl (C=O) groups excluding carboxylic acids is 2. The van der Waals surface area contributed by atoms with Gasteiger partial charge in [0, 0.05) is 12.1 Å². The molecule has 2 aromatic rings. The third kappa shape index (κ3) is 4.69. The van der Waals surface area contributed by atoms with E-state index in [9.17, 15) is 9.59 Å². The van der Waals surface area contributed by atoms with E-state index in [0.29, 0.717) is 12.1 Å². The van der Waals surface area contributed by atoms with Crippen molar-refractivity contribution in [1.29, 1.82) is 0 Å². The number of benzene rings is 2. The zero-order valence-electron chi connectivity index (χ0n) is 14.4. The topological polar surface area (TPSA) is 58.2 Å². The molecular formula is C20H24N2O2. The van der Waals surface area contributed by atoms with Gasteiger partial charge in [-0.05, 0) is 36.1 Å². The number of carbonyl (C=O) groups is 2. The molecule has 126 valence electrons. The molecule has 2 N–H and O–H groups in total. The van der Waals surface area contributed by atoms with Crippen molar-refractivity contribution in [3.8, 4) is 0 Å². The van der Waals surface area contributed by atoms with Gasteiger partial charge < -0.3 is 10.6 Å². The number of rotatable bonds is 6. The molecule has 2 aromatic carbocycles. The van der Waals surface area contributed by atoms with Crippen molar-refractivity contribution in [3.05, 3.63) is 71.3 Å². The van der Waals surface area contributed by atoms with Gasteiger partial charge in [0.1, 0.15) is 6.04 Å². The summed E-state index contributed by atoms with van der Waals surface area (Å²) in [6.07, 6.45) is 0. The second-order valence-corrected chi connectivity index (χ2v) is 6.21. The Bertz CT molecular complexity index is 696. The van der Waals surface area contributed by atoms with Gasteiger partial charge in [-0.1, -0.05) is 56.3 Å². The first kappa shape index (κ1) is 17.7.